The van der Waals surface area contributed by atoms with Crippen LogP contribution in [0.2, 0.25) is 0 Å². The van der Waals surface area contributed by atoms with Gasteiger partial charge in [0.2, 0.25) is 6.79 Å². The summed E-state index contributed by atoms with van der Waals surface area (Å²) in [5, 5.41) is 3.05. The lowest BCUT2D eigenvalue weighted by molar-refractivity contribution is 0.0944. The van der Waals surface area contributed by atoms with Crippen LogP contribution in [0.4, 0.5) is 0 Å². The number of carbonyl (C=O) groups excluding carboxylic acids is 1. The summed E-state index contributed by atoms with van der Waals surface area (Å²) < 4.78 is 10.8. The zero-order chi connectivity index (χ0) is 17.2. The first-order chi connectivity index (χ1) is 12.2. The van der Waals surface area contributed by atoms with Crippen molar-refractivity contribution in [3.05, 3.63) is 71.1 Å². The number of fused-ring (bicyclic) bond motifs is 1. The Kier molecular flexibility index (Phi) is 4.15. The van der Waals surface area contributed by atoms with Gasteiger partial charge in [0.25, 0.3) is 5.91 Å². The standard InChI is InChI=1S/C20H17NO3S/c1-13(14-5-3-2-4-6-14)21-20(22)19-10-9-18(25-19)15-7-8-16-17(11-15)24-12-23-16/h2-11,13H,12H2,1H3,(H,21,22)/t13-/m0/s1. The fourth-order valence-corrected chi connectivity index (χ4v) is 3.66. The van der Waals surface area contributed by atoms with Gasteiger partial charge in [-0.3, -0.25) is 4.79 Å². The normalized spacial score (nSPS) is 13.5. The number of nitrogens with one attached hydrogen (secondary N) is 1. The molecule has 0 saturated carbocycles. The molecule has 2 heterocycles. The van der Waals surface area contributed by atoms with Gasteiger partial charge in [-0.05, 0) is 48.4 Å². The lowest BCUT2D eigenvalue weighted by atomic mass is 10.1. The molecule has 0 radical (unpaired) electrons. The van der Waals surface area contributed by atoms with Crippen molar-refractivity contribution in [2.45, 2.75) is 13.0 Å². The summed E-state index contributed by atoms with van der Waals surface area (Å²) in [6.07, 6.45) is 0. The highest BCUT2D eigenvalue weighted by Crippen LogP contribution is 2.38. The van der Waals surface area contributed by atoms with Crippen LogP contribution >= 0.6 is 11.3 Å². The minimum absolute atomic E-state index is 0.0372. The number of ether oxygens (including phenoxy) is 2. The van der Waals surface area contributed by atoms with Crippen LogP contribution in [0.3, 0.4) is 0 Å². The number of amides is 1. The summed E-state index contributed by atoms with van der Waals surface area (Å²) in [5.74, 6) is 1.44. The Morgan fingerprint density at radius 2 is 1.84 bits per heavy atom. The minimum atomic E-state index is -0.0617. The number of benzene rings is 2. The quantitative estimate of drug-likeness (QED) is 0.745. The predicted molar refractivity (Wildman–Crippen MR) is 98.2 cm³/mol. The summed E-state index contributed by atoms with van der Waals surface area (Å²) in [6, 6.07) is 19.5. The zero-order valence-electron chi connectivity index (χ0n) is 13.7. The molecule has 1 amide bonds. The van der Waals surface area contributed by atoms with E-state index in [1.54, 1.807) is 0 Å². The molecule has 1 atom stereocenters. The van der Waals surface area contributed by atoms with Crippen LogP contribution in [0.15, 0.2) is 60.7 Å². The number of thiophene rings is 1. The first-order valence-electron chi connectivity index (χ1n) is 8.06. The van der Waals surface area contributed by atoms with E-state index in [0.29, 0.717) is 4.88 Å². The molecule has 5 heteroatoms. The molecule has 0 bridgehead atoms. The molecule has 1 N–H and O–H groups in total. The highest BCUT2D eigenvalue weighted by Gasteiger charge is 2.17. The lowest BCUT2D eigenvalue weighted by Gasteiger charge is -2.13. The number of rotatable bonds is 4. The molecule has 0 saturated heterocycles. The maximum atomic E-state index is 12.5. The average molecular weight is 351 g/mol. The molecule has 0 spiro atoms. The molecule has 1 aromatic heterocycles. The fourth-order valence-electron chi connectivity index (χ4n) is 2.76. The van der Waals surface area contributed by atoms with Crippen molar-refractivity contribution < 1.29 is 14.3 Å². The van der Waals surface area contributed by atoms with Crippen molar-refractivity contribution in [3.63, 3.8) is 0 Å². The predicted octanol–water partition coefficient (Wildman–Crippen LogP) is 4.63. The maximum Gasteiger partial charge on any atom is 0.261 e. The van der Waals surface area contributed by atoms with Gasteiger partial charge >= 0.3 is 0 Å². The molecule has 126 valence electrons. The Hall–Kier alpha value is -2.79. The molecule has 25 heavy (non-hydrogen) atoms. The van der Waals surface area contributed by atoms with E-state index in [9.17, 15) is 4.79 Å². The van der Waals surface area contributed by atoms with E-state index in [2.05, 4.69) is 5.32 Å². The largest absolute Gasteiger partial charge is 0.454 e. The highest BCUT2D eigenvalue weighted by molar-refractivity contribution is 7.17. The van der Waals surface area contributed by atoms with Crippen LogP contribution in [0.25, 0.3) is 10.4 Å². The van der Waals surface area contributed by atoms with Gasteiger partial charge in [-0.25, -0.2) is 0 Å². The van der Waals surface area contributed by atoms with Crippen LogP contribution in [-0.2, 0) is 0 Å². The smallest absolute Gasteiger partial charge is 0.261 e. The second kappa shape index (κ2) is 6.61. The van der Waals surface area contributed by atoms with Crippen molar-refractivity contribution in [2.24, 2.45) is 0 Å². The number of hydrogen-bond donors (Lipinski definition) is 1. The molecule has 4 rings (SSSR count). The lowest BCUT2D eigenvalue weighted by Crippen LogP contribution is -2.25. The monoisotopic (exact) mass is 351 g/mol. The molecule has 1 aliphatic heterocycles. The van der Waals surface area contributed by atoms with Gasteiger partial charge in [-0.2, -0.15) is 0 Å². The van der Waals surface area contributed by atoms with Crippen LogP contribution in [0.5, 0.6) is 11.5 Å². The molecular weight excluding hydrogens is 334 g/mol. The summed E-state index contributed by atoms with van der Waals surface area (Å²) >= 11 is 1.47. The van der Waals surface area contributed by atoms with E-state index in [1.807, 2.05) is 67.6 Å². The van der Waals surface area contributed by atoms with Gasteiger partial charge in [0.1, 0.15) is 0 Å². The third kappa shape index (κ3) is 3.23. The van der Waals surface area contributed by atoms with Crippen molar-refractivity contribution >= 4 is 17.2 Å². The molecule has 1 aliphatic rings. The molecular formula is C20H17NO3S. The summed E-state index contributed by atoms with van der Waals surface area (Å²) in [4.78, 5) is 14.2. The summed E-state index contributed by atoms with van der Waals surface area (Å²) in [5.41, 5.74) is 2.10. The fraction of sp³-hybridized carbons (Fsp3) is 0.150. The van der Waals surface area contributed by atoms with E-state index < -0.39 is 0 Å². The SMILES string of the molecule is C[C@H](NC(=O)c1ccc(-c2ccc3c(c2)OCO3)s1)c1ccccc1. The Balaban J connectivity index is 1.50. The first kappa shape index (κ1) is 15.7. The Morgan fingerprint density at radius 1 is 1.04 bits per heavy atom. The van der Waals surface area contributed by atoms with Crippen molar-refractivity contribution in [1.29, 1.82) is 0 Å². The van der Waals surface area contributed by atoms with Gasteiger partial charge in [0.15, 0.2) is 11.5 Å². The Bertz CT molecular complexity index is 904. The summed E-state index contributed by atoms with van der Waals surface area (Å²) in [7, 11) is 0. The van der Waals surface area contributed by atoms with E-state index in [-0.39, 0.29) is 18.7 Å². The van der Waals surface area contributed by atoms with Gasteiger partial charge in [-0.15, -0.1) is 11.3 Å². The third-order valence-corrected chi connectivity index (χ3v) is 5.27. The van der Waals surface area contributed by atoms with E-state index in [4.69, 9.17) is 9.47 Å². The second-order valence-electron chi connectivity index (χ2n) is 5.84. The number of hydrogen-bond acceptors (Lipinski definition) is 4. The van der Waals surface area contributed by atoms with Crippen molar-refractivity contribution in [2.75, 3.05) is 6.79 Å². The van der Waals surface area contributed by atoms with Crippen molar-refractivity contribution in [3.8, 4) is 21.9 Å². The molecule has 4 nitrogen and oxygen atoms in total. The molecule has 0 aliphatic carbocycles. The van der Waals surface area contributed by atoms with Gasteiger partial charge in [0, 0.05) is 4.88 Å². The van der Waals surface area contributed by atoms with Crippen LogP contribution in [0, 0.1) is 0 Å². The second-order valence-corrected chi connectivity index (χ2v) is 6.92. The first-order valence-corrected chi connectivity index (χ1v) is 8.88. The topological polar surface area (TPSA) is 47.6 Å². The van der Waals surface area contributed by atoms with Crippen LogP contribution in [-0.4, -0.2) is 12.7 Å². The zero-order valence-corrected chi connectivity index (χ0v) is 14.5. The van der Waals surface area contributed by atoms with E-state index >= 15 is 0 Å². The van der Waals surface area contributed by atoms with Crippen LogP contribution in [0.1, 0.15) is 28.2 Å². The van der Waals surface area contributed by atoms with Crippen molar-refractivity contribution in [1.82, 2.24) is 5.32 Å². The Labute approximate surface area is 150 Å². The van der Waals surface area contributed by atoms with Crippen LogP contribution < -0.4 is 14.8 Å². The molecule has 3 aromatic rings. The summed E-state index contributed by atoms with van der Waals surface area (Å²) in [6.45, 7) is 2.24. The number of carbonyl (C=O) groups is 1. The van der Waals surface area contributed by atoms with E-state index in [0.717, 1.165) is 27.5 Å². The molecule has 0 fully saturated rings. The minimum Gasteiger partial charge on any atom is -0.454 e. The van der Waals surface area contributed by atoms with E-state index in [1.165, 1.54) is 11.3 Å². The maximum absolute atomic E-state index is 12.5. The Morgan fingerprint density at radius 3 is 2.68 bits per heavy atom. The third-order valence-electron chi connectivity index (χ3n) is 4.13. The molecule has 0 unspecified atom stereocenters. The highest BCUT2D eigenvalue weighted by atomic mass is 32.1. The molecule has 2 aromatic carbocycles. The van der Waals surface area contributed by atoms with Gasteiger partial charge in [-0.1, -0.05) is 30.3 Å². The van der Waals surface area contributed by atoms with Gasteiger partial charge in [0.05, 0.1) is 10.9 Å². The average Bonchev–Trinajstić information content (AvgIpc) is 3.31. The van der Waals surface area contributed by atoms with Gasteiger partial charge < -0.3 is 14.8 Å².